The van der Waals surface area contributed by atoms with Crippen LogP contribution in [0.15, 0.2) is 35.8 Å². The largest absolute Gasteiger partial charge is 0.358 e. The molecule has 0 spiro atoms. The fourth-order valence-electron chi connectivity index (χ4n) is 3.49. The van der Waals surface area contributed by atoms with Crippen molar-refractivity contribution < 1.29 is 4.79 Å². The molecule has 0 saturated carbocycles. The minimum atomic E-state index is -0.0627. The highest BCUT2D eigenvalue weighted by atomic mass is 35.5. The number of hydrogen-bond donors (Lipinski definition) is 1. The molecule has 1 fully saturated rings. The molecular weight excluding hydrogens is 356 g/mol. The van der Waals surface area contributed by atoms with Crippen LogP contribution in [0, 0.1) is 0 Å². The third kappa shape index (κ3) is 3.05. The first-order valence-electron chi connectivity index (χ1n) is 8.33. The van der Waals surface area contributed by atoms with Gasteiger partial charge in [0.2, 0.25) is 5.91 Å². The predicted octanol–water partition coefficient (Wildman–Crippen LogP) is 3.43. The second kappa shape index (κ2) is 6.78. The number of thiazole rings is 1. The molecule has 0 bridgehead atoms. The summed E-state index contributed by atoms with van der Waals surface area (Å²) in [5.41, 5.74) is 3.13. The molecule has 25 heavy (non-hydrogen) atoms. The second-order valence-electron chi connectivity index (χ2n) is 6.21. The Morgan fingerprint density at radius 2 is 2.20 bits per heavy atom. The number of aromatic nitrogens is 2. The summed E-state index contributed by atoms with van der Waals surface area (Å²) in [6.07, 6.45) is 3.99. The first kappa shape index (κ1) is 16.6. The molecule has 1 saturated heterocycles. The number of benzene rings is 1. The van der Waals surface area contributed by atoms with Gasteiger partial charge in [-0.2, -0.15) is 0 Å². The smallest absolute Gasteiger partial charge is 0.237 e. The fraction of sp³-hybridized carbons (Fsp3) is 0.333. The number of hydrogen-bond acceptors (Lipinski definition) is 4. The van der Waals surface area contributed by atoms with Crippen LogP contribution in [0.2, 0.25) is 5.02 Å². The van der Waals surface area contributed by atoms with Crippen LogP contribution in [0.1, 0.15) is 18.5 Å². The Labute approximate surface area is 155 Å². The summed E-state index contributed by atoms with van der Waals surface area (Å²) in [6, 6.07) is 7.71. The quantitative estimate of drug-likeness (QED) is 0.761. The van der Waals surface area contributed by atoms with E-state index in [0.29, 0.717) is 11.6 Å². The average Bonchev–Trinajstić information content (AvgIpc) is 3.32. The Morgan fingerprint density at radius 3 is 2.96 bits per heavy atom. The number of halogens is 1. The van der Waals surface area contributed by atoms with Crippen molar-refractivity contribution in [2.24, 2.45) is 0 Å². The van der Waals surface area contributed by atoms with Gasteiger partial charge in [0, 0.05) is 35.8 Å². The lowest BCUT2D eigenvalue weighted by molar-refractivity contribution is -0.125. The van der Waals surface area contributed by atoms with Crippen LogP contribution in [-0.4, -0.2) is 39.8 Å². The highest BCUT2D eigenvalue weighted by Gasteiger charge is 2.31. The minimum absolute atomic E-state index is 0.0627. The van der Waals surface area contributed by atoms with E-state index in [9.17, 15) is 4.79 Å². The maximum atomic E-state index is 12.2. The number of likely N-dealkylation sites (N-methyl/N-ethyl adjacent to an activating group) is 1. The van der Waals surface area contributed by atoms with E-state index in [-0.39, 0.29) is 11.9 Å². The summed E-state index contributed by atoms with van der Waals surface area (Å²) in [5.74, 6) is 0.0941. The van der Waals surface area contributed by atoms with Crippen LogP contribution in [0.25, 0.3) is 16.2 Å². The zero-order chi connectivity index (χ0) is 17.4. The molecule has 1 aliphatic heterocycles. The molecule has 2 aromatic heterocycles. The van der Waals surface area contributed by atoms with Gasteiger partial charge in [-0.05, 0) is 31.5 Å². The molecule has 3 aromatic rings. The molecule has 5 nitrogen and oxygen atoms in total. The van der Waals surface area contributed by atoms with Gasteiger partial charge in [-0.3, -0.25) is 14.1 Å². The standard InChI is InChI=1S/C18H19ClN4OS/c1-20-17(24)14-3-2-8-22(14)11-15-16(12-4-6-13(19)7-5-12)21-18-23(15)9-10-25-18/h4-7,9-10,14H,2-3,8,11H2,1H3,(H,20,24). The van der Waals surface area contributed by atoms with Crippen LogP contribution < -0.4 is 5.32 Å². The van der Waals surface area contributed by atoms with Crippen molar-refractivity contribution in [3.8, 4) is 11.3 Å². The van der Waals surface area contributed by atoms with Gasteiger partial charge in [-0.1, -0.05) is 23.7 Å². The topological polar surface area (TPSA) is 49.6 Å². The Hall–Kier alpha value is -1.89. The van der Waals surface area contributed by atoms with Crippen LogP contribution in [-0.2, 0) is 11.3 Å². The van der Waals surface area contributed by atoms with Crippen LogP contribution in [0.4, 0.5) is 0 Å². The van der Waals surface area contributed by atoms with Crippen LogP contribution >= 0.6 is 22.9 Å². The molecule has 1 atom stereocenters. The predicted molar refractivity (Wildman–Crippen MR) is 101 cm³/mol. The number of carbonyl (C=O) groups is 1. The average molecular weight is 375 g/mol. The van der Waals surface area contributed by atoms with Crippen molar-refractivity contribution in [1.29, 1.82) is 0 Å². The highest BCUT2D eigenvalue weighted by molar-refractivity contribution is 7.15. The molecule has 1 aliphatic rings. The summed E-state index contributed by atoms with van der Waals surface area (Å²) >= 11 is 7.65. The number of nitrogens with one attached hydrogen (secondary N) is 1. The molecule has 1 amide bonds. The Kier molecular flexibility index (Phi) is 4.50. The number of likely N-dealkylation sites (tertiary alicyclic amines) is 1. The minimum Gasteiger partial charge on any atom is -0.358 e. The number of nitrogens with zero attached hydrogens (tertiary/aromatic N) is 3. The Morgan fingerprint density at radius 1 is 1.40 bits per heavy atom. The Bertz CT molecular complexity index is 902. The van der Waals surface area contributed by atoms with Gasteiger partial charge >= 0.3 is 0 Å². The van der Waals surface area contributed by atoms with Crippen molar-refractivity contribution >= 4 is 33.8 Å². The molecule has 1 aromatic carbocycles. The van der Waals surface area contributed by atoms with Gasteiger partial charge in [-0.25, -0.2) is 4.98 Å². The van der Waals surface area contributed by atoms with E-state index in [1.54, 1.807) is 18.4 Å². The molecular formula is C18H19ClN4OS. The number of fused-ring (bicyclic) bond motifs is 1. The number of imidazole rings is 1. The van der Waals surface area contributed by atoms with E-state index >= 15 is 0 Å². The van der Waals surface area contributed by atoms with Crippen molar-refractivity contribution in [1.82, 2.24) is 19.6 Å². The van der Waals surface area contributed by atoms with E-state index in [1.807, 2.05) is 35.8 Å². The first-order valence-corrected chi connectivity index (χ1v) is 9.59. The van der Waals surface area contributed by atoms with E-state index in [0.717, 1.165) is 41.3 Å². The monoisotopic (exact) mass is 374 g/mol. The van der Waals surface area contributed by atoms with Crippen molar-refractivity contribution in [2.75, 3.05) is 13.6 Å². The third-order valence-electron chi connectivity index (χ3n) is 4.74. The maximum absolute atomic E-state index is 12.2. The fourth-order valence-corrected chi connectivity index (χ4v) is 4.35. The van der Waals surface area contributed by atoms with Gasteiger partial charge in [0.1, 0.15) is 0 Å². The van der Waals surface area contributed by atoms with Crippen LogP contribution in [0.5, 0.6) is 0 Å². The maximum Gasteiger partial charge on any atom is 0.237 e. The summed E-state index contributed by atoms with van der Waals surface area (Å²) in [7, 11) is 1.70. The molecule has 0 aliphatic carbocycles. The summed E-state index contributed by atoms with van der Waals surface area (Å²) in [6.45, 7) is 1.63. The van der Waals surface area contributed by atoms with E-state index in [1.165, 1.54) is 0 Å². The molecule has 3 heterocycles. The van der Waals surface area contributed by atoms with Crippen molar-refractivity contribution in [3.63, 3.8) is 0 Å². The van der Waals surface area contributed by atoms with E-state index < -0.39 is 0 Å². The first-order chi connectivity index (χ1) is 12.2. The highest BCUT2D eigenvalue weighted by Crippen LogP contribution is 2.30. The molecule has 7 heteroatoms. The Balaban J connectivity index is 1.73. The number of carbonyl (C=O) groups excluding carboxylic acids is 1. The van der Waals surface area contributed by atoms with Crippen LogP contribution in [0.3, 0.4) is 0 Å². The van der Waals surface area contributed by atoms with E-state index in [2.05, 4.69) is 14.6 Å². The molecule has 0 radical (unpaired) electrons. The van der Waals surface area contributed by atoms with E-state index in [4.69, 9.17) is 16.6 Å². The van der Waals surface area contributed by atoms with Gasteiger partial charge in [-0.15, -0.1) is 11.3 Å². The van der Waals surface area contributed by atoms with Gasteiger partial charge in [0.15, 0.2) is 4.96 Å². The molecule has 1 unspecified atom stereocenters. The number of rotatable bonds is 4. The lowest BCUT2D eigenvalue weighted by Crippen LogP contribution is -2.41. The SMILES string of the molecule is CNC(=O)C1CCCN1Cc1c(-c2ccc(Cl)cc2)nc2sccn12. The third-order valence-corrected chi connectivity index (χ3v) is 5.75. The van der Waals surface area contributed by atoms with Gasteiger partial charge < -0.3 is 5.32 Å². The normalized spacial score (nSPS) is 18.1. The summed E-state index contributed by atoms with van der Waals surface area (Å²) < 4.78 is 2.13. The molecule has 1 N–H and O–H groups in total. The second-order valence-corrected chi connectivity index (χ2v) is 7.52. The zero-order valence-electron chi connectivity index (χ0n) is 13.9. The number of amides is 1. The summed E-state index contributed by atoms with van der Waals surface area (Å²) in [5, 5.41) is 5.54. The lowest BCUT2D eigenvalue weighted by Gasteiger charge is -2.23. The van der Waals surface area contributed by atoms with Crippen molar-refractivity contribution in [2.45, 2.75) is 25.4 Å². The zero-order valence-corrected chi connectivity index (χ0v) is 15.5. The molecule has 130 valence electrons. The summed E-state index contributed by atoms with van der Waals surface area (Å²) in [4.78, 5) is 20.2. The van der Waals surface area contributed by atoms with Gasteiger partial charge in [0.05, 0.1) is 17.4 Å². The molecule has 4 rings (SSSR count). The lowest BCUT2D eigenvalue weighted by atomic mass is 10.1. The van der Waals surface area contributed by atoms with Crippen molar-refractivity contribution in [3.05, 3.63) is 46.6 Å². The van der Waals surface area contributed by atoms with Gasteiger partial charge in [0.25, 0.3) is 0 Å².